The lowest BCUT2D eigenvalue weighted by Gasteiger charge is -2.27. The van der Waals surface area contributed by atoms with Crippen LogP contribution in [0.1, 0.15) is 13.3 Å². The minimum absolute atomic E-state index is 0.0328. The summed E-state index contributed by atoms with van der Waals surface area (Å²) >= 11 is 1.74. The highest BCUT2D eigenvalue weighted by molar-refractivity contribution is 7.98. The van der Waals surface area contributed by atoms with Gasteiger partial charge in [-0.1, -0.05) is 0 Å². The first kappa shape index (κ1) is 16.2. The fourth-order valence-electron chi connectivity index (χ4n) is 1.90. The van der Waals surface area contributed by atoms with Crippen molar-refractivity contribution in [1.82, 2.24) is 14.9 Å². The molecule has 0 spiro atoms. The van der Waals surface area contributed by atoms with E-state index in [1.807, 2.05) is 13.2 Å². The maximum Gasteiger partial charge on any atom is 0.213 e. The zero-order chi connectivity index (χ0) is 13.4. The second kappa shape index (κ2) is 8.37. The Balaban J connectivity index is 2.25. The quantitative estimate of drug-likeness (QED) is 0.658. The van der Waals surface area contributed by atoms with Gasteiger partial charge in [-0.15, -0.1) is 0 Å². The molecular weight excluding hydrogens is 270 g/mol. The lowest BCUT2D eigenvalue weighted by atomic mass is 10.3. The molecule has 1 aliphatic heterocycles. The molecule has 1 atom stereocenters. The molecule has 1 heterocycles. The smallest absolute Gasteiger partial charge is 0.213 e. The van der Waals surface area contributed by atoms with Crippen molar-refractivity contribution in [3.8, 4) is 0 Å². The van der Waals surface area contributed by atoms with Gasteiger partial charge in [0.25, 0.3) is 0 Å². The van der Waals surface area contributed by atoms with Crippen LogP contribution in [0.4, 0.5) is 0 Å². The average molecular weight is 295 g/mol. The number of nitrogens with one attached hydrogen (secondary N) is 2. The number of hydrogen-bond donors (Lipinski definition) is 2. The van der Waals surface area contributed by atoms with Crippen LogP contribution in [-0.4, -0.2) is 69.8 Å². The maximum atomic E-state index is 11.9. The number of nitrogens with zero attached hydrogens (tertiary/aromatic N) is 1. The summed E-state index contributed by atoms with van der Waals surface area (Å²) in [7, 11) is -3.13. The third kappa shape index (κ3) is 6.94. The van der Waals surface area contributed by atoms with Crippen LogP contribution >= 0.6 is 11.8 Å². The number of rotatable bonds is 8. The van der Waals surface area contributed by atoms with Crippen LogP contribution in [-0.2, 0) is 10.0 Å². The van der Waals surface area contributed by atoms with Gasteiger partial charge >= 0.3 is 0 Å². The van der Waals surface area contributed by atoms with E-state index in [4.69, 9.17) is 0 Å². The first-order valence-corrected chi connectivity index (χ1v) is 9.50. The van der Waals surface area contributed by atoms with E-state index in [0.29, 0.717) is 6.54 Å². The van der Waals surface area contributed by atoms with Crippen LogP contribution in [0.15, 0.2) is 0 Å². The summed E-state index contributed by atoms with van der Waals surface area (Å²) in [5, 5.41) is 3.26. The molecule has 5 nitrogen and oxygen atoms in total. The van der Waals surface area contributed by atoms with Crippen LogP contribution in [0.2, 0.25) is 0 Å². The molecule has 0 aliphatic carbocycles. The summed E-state index contributed by atoms with van der Waals surface area (Å²) in [6.07, 6.45) is 2.92. The molecule has 7 heteroatoms. The van der Waals surface area contributed by atoms with Crippen LogP contribution in [0, 0.1) is 0 Å². The third-order valence-corrected chi connectivity index (χ3v) is 5.15. The molecule has 1 rings (SSSR count). The standard InChI is InChI=1S/C11H25N3O2S2/c1-11(3-9-17-2)13-18(15,16)10-8-14-6-4-12-5-7-14/h11-13H,3-10H2,1-2H3. The minimum Gasteiger partial charge on any atom is -0.314 e. The SMILES string of the molecule is CSCCC(C)NS(=O)(=O)CCN1CCNCC1. The van der Waals surface area contributed by atoms with Gasteiger partial charge in [0.2, 0.25) is 10.0 Å². The van der Waals surface area contributed by atoms with Crippen LogP contribution < -0.4 is 10.0 Å². The van der Waals surface area contributed by atoms with E-state index < -0.39 is 10.0 Å². The van der Waals surface area contributed by atoms with Gasteiger partial charge < -0.3 is 5.32 Å². The molecule has 0 radical (unpaired) electrons. The molecule has 0 aromatic rings. The van der Waals surface area contributed by atoms with Gasteiger partial charge in [-0.25, -0.2) is 13.1 Å². The number of sulfonamides is 1. The van der Waals surface area contributed by atoms with E-state index in [-0.39, 0.29) is 11.8 Å². The third-order valence-electron chi connectivity index (χ3n) is 3.02. The predicted molar refractivity (Wildman–Crippen MR) is 78.7 cm³/mol. The Bertz CT molecular complexity index is 316. The Kier molecular flexibility index (Phi) is 7.55. The van der Waals surface area contributed by atoms with Crippen molar-refractivity contribution in [3.05, 3.63) is 0 Å². The van der Waals surface area contributed by atoms with Crippen molar-refractivity contribution in [2.45, 2.75) is 19.4 Å². The van der Waals surface area contributed by atoms with Gasteiger partial charge in [0.1, 0.15) is 0 Å². The number of piperazine rings is 1. The van der Waals surface area contributed by atoms with Crippen molar-refractivity contribution < 1.29 is 8.42 Å². The summed E-state index contributed by atoms with van der Waals surface area (Å²) in [5.74, 6) is 1.19. The molecule has 1 unspecified atom stereocenters. The van der Waals surface area contributed by atoms with Crippen molar-refractivity contribution in [2.75, 3.05) is 50.5 Å². The fraction of sp³-hybridized carbons (Fsp3) is 1.00. The second-order valence-corrected chi connectivity index (χ2v) is 7.57. The minimum atomic E-state index is -3.13. The number of hydrogen-bond acceptors (Lipinski definition) is 5. The van der Waals surface area contributed by atoms with E-state index in [0.717, 1.165) is 38.4 Å². The lowest BCUT2D eigenvalue weighted by molar-refractivity contribution is 0.253. The van der Waals surface area contributed by atoms with E-state index >= 15 is 0 Å². The highest BCUT2D eigenvalue weighted by Crippen LogP contribution is 2.02. The first-order valence-electron chi connectivity index (χ1n) is 6.45. The fourth-order valence-corrected chi connectivity index (χ4v) is 3.84. The zero-order valence-electron chi connectivity index (χ0n) is 11.3. The molecule has 18 heavy (non-hydrogen) atoms. The molecule has 1 fully saturated rings. The van der Waals surface area contributed by atoms with Crippen LogP contribution in [0.3, 0.4) is 0 Å². The van der Waals surface area contributed by atoms with Crippen molar-refractivity contribution in [3.63, 3.8) is 0 Å². The highest BCUT2D eigenvalue weighted by Gasteiger charge is 2.17. The van der Waals surface area contributed by atoms with Gasteiger partial charge in [0, 0.05) is 38.8 Å². The second-order valence-electron chi connectivity index (χ2n) is 4.71. The topological polar surface area (TPSA) is 61.4 Å². The van der Waals surface area contributed by atoms with E-state index in [1.54, 1.807) is 11.8 Å². The summed E-state index contributed by atoms with van der Waals surface area (Å²) < 4.78 is 26.5. The van der Waals surface area contributed by atoms with E-state index in [1.165, 1.54) is 0 Å². The van der Waals surface area contributed by atoms with Gasteiger partial charge in [0.05, 0.1) is 5.75 Å². The van der Waals surface area contributed by atoms with Gasteiger partial charge in [-0.2, -0.15) is 11.8 Å². The lowest BCUT2D eigenvalue weighted by Crippen LogP contribution is -2.46. The largest absolute Gasteiger partial charge is 0.314 e. The normalized spacial score (nSPS) is 19.9. The molecule has 0 bridgehead atoms. The van der Waals surface area contributed by atoms with Gasteiger partial charge in [-0.05, 0) is 25.4 Å². The molecule has 108 valence electrons. The van der Waals surface area contributed by atoms with Crippen LogP contribution in [0.25, 0.3) is 0 Å². The highest BCUT2D eigenvalue weighted by atomic mass is 32.2. The van der Waals surface area contributed by atoms with Crippen molar-refractivity contribution in [2.24, 2.45) is 0 Å². The average Bonchev–Trinajstić information content (AvgIpc) is 2.35. The predicted octanol–water partition coefficient (Wildman–Crippen LogP) is -0.0474. The molecule has 0 aromatic carbocycles. The van der Waals surface area contributed by atoms with Gasteiger partial charge in [0.15, 0.2) is 0 Å². The summed E-state index contributed by atoms with van der Waals surface area (Å²) in [6.45, 7) is 6.36. The Morgan fingerprint density at radius 3 is 2.67 bits per heavy atom. The van der Waals surface area contributed by atoms with Gasteiger partial charge in [-0.3, -0.25) is 4.90 Å². The Hall–Kier alpha value is 0.180. The van der Waals surface area contributed by atoms with Crippen molar-refractivity contribution in [1.29, 1.82) is 0 Å². The first-order chi connectivity index (χ1) is 8.53. The maximum absolute atomic E-state index is 11.9. The summed E-state index contributed by atoms with van der Waals surface area (Å²) in [6, 6.07) is 0.0328. The Labute approximate surface area is 115 Å². The zero-order valence-corrected chi connectivity index (χ0v) is 12.9. The Morgan fingerprint density at radius 2 is 2.06 bits per heavy atom. The van der Waals surface area contributed by atoms with Crippen molar-refractivity contribution >= 4 is 21.8 Å². The van der Waals surface area contributed by atoms with E-state index in [2.05, 4.69) is 14.9 Å². The number of thioether (sulfide) groups is 1. The monoisotopic (exact) mass is 295 g/mol. The van der Waals surface area contributed by atoms with E-state index in [9.17, 15) is 8.42 Å². The molecule has 0 aromatic heterocycles. The molecular formula is C11H25N3O2S2. The molecule has 2 N–H and O–H groups in total. The summed E-state index contributed by atoms with van der Waals surface area (Å²) in [4.78, 5) is 2.20. The summed E-state index contributed by atoms with van der Waals surface area (Å²) in [5.41, 5.74) is 0. The molecule has 0 saturated carbocycles. The van der Waals surface area contributed by atoms with Crippen LogP contribution in [0.5, 0.6) is 0 Å². The molecule has 1 saturated heterocycles. The molecule has 1 aliphatic rings. The Morgan fingerprint density at radius 1 is 1.39 bits per heavy atom. The molecule has 0 amide bonds.